The number of amides is 2. The fourth-order valence-corrected chi connectivity index (χ4v) is 5.47. The summed E-state index contributed by atoms with van der Waals surface area (Å²) in [5, 5.41) is 8.06. The molecule has 0 spiro atoms. The Morgan fingerprint density at radius 3 is 2.41 bits per heavy atom. The molecule has 0 saturated carbocycles. The SMILES string of the molecule is CCOC(=O)c1cccc(NC(=O)N2Cc3c(CC)nn(-c4ccccc4)c3-n3cccc3C2c2ccccc2)c1. The maximum atomic E-state index is 14.2. The van der Waals surface area contributed by atoms with Gasteiger partial charge in [0.25, 0.3) is 0 Å². The van der Waals surface area contributed by atoms with Crippen molar-refractivity contribution in [2.75, 3.05) is 11.9 Å². The van der Waals surface area contributed by atoms with Crippen molar-refractivity contribution in [3.8, 4) is 11.5 Å². The lowest BCUT2D eigenvalue weighted by molar-refractivity contribution is 0.0526. The summed E-state index contributed by atoms with van der Waals surface area (Å²) >= 11 is 0. The molecule has 1 aliphatic rings. The first-order valence-electron chi connectivity index (χ1n) is 13.8. The average molecular weight is 546 g/mol. The Hall–Kier alpha value is -5.11. The van der Waals surface area contributed by atoms with Crippen molar-refractivity contribution in [1.29, 1.82) is 0 Å². The third kappa shape index (κ3) is 4.89. The van der Waals surface area contributed by atoms with E-state index in [0.717, 1.165) is 34.0 Å². The number of ether oxygens (including phenoxy) is 1. The van der Waals surface area contributed by atoms with Gasteiger partial charge in [0.1, 0.15) is 5.82 Å². The summed E-state index contributed by atoms with van der Waals surface area (Å²) in [5.41, 5.74) is 5.71. The van der Waals surface area contributed by atoms with Gasteiger partial charge in [-0.25, -0.2) is 14.3 Å². The molecule has 206 valence electrons. The Labute approximate surface area is 238 Å². The number of anilines is 1. The van der Waals surface area contributed by atoms with Gasteiger partial charge in [0.2, 0.25) is 0 Å². The minimum absolute atomic E-state index is 0.278. The minimum Gasteiger partial charge on any atom is -0.462 e. The van der Waals surface area contributed by atoms with E-state index in [1.807, 2.05) is 82.5 Å². The molecule has 6 rings (SSSR count). The Kier molecular flexibility index (Phi) is 7.12. The highest BCUT2D eigenvalue weighted by Gasteiger charge is 2.36. The normalized spacial score (nSPS) is 14.1. The van der Waals surface area contributed by atoms with E-state index in [9.17, 15) is 9.59 Å². The van der Waals surface area contributed by atoms with Crippen LogP contribution >= 0.6 is 0 Å². The first-order valence-corrected chi connectivity index (χ1v) is 13.8. The molecule has 3 aromatic carbocycles. The lowest BCUT2D eigenvalue weighted by atomic mass is 10.0. The van der Waals surface area contributed by atoms with Crippen LogP contribution in [0, 0.1) is 0 Å². The number of hydrogen-bond donors (Lipinski definition) is 1. The number of fused-ring (bicyclic) bond motifs is 3. The zero-order valence-electron chi connectivity index (χ0n) is 23.0. The largest absolute Gasteiger partial charge is 0.462 e. The number of aromatic nitrogens is 3. The summed E-state index contributed by atoms with van der Waals surface area (Å²) in [6, 6.07) is 30.3. The third-order valence-corrected chi connectivity index (χ3v) is 7.31. The lowest BCUT2D eigenvalue weighted by Crippen LogP contribution is -2.38. The van der Waals surface area contributed by atoms with E-state index in [1.54, 1.807) is 31.2 Å². The molecule has 1 N–H and O–H groups in total. The van der Waals surface area contributed by atoms with E-state index >= 15 is 0 Å². The van der Waals surface area contributed by atoms with Crippen LogP contribution in [-0.2, 0) is 17.7 Å². The molecule has 8 nitrogen and oxygen atoms in total. The zero-order chi connectivity index (χ0) is 28.3. The average Bonchev–Trinajstić information content (AvgIpc) is 3.59. The fourth-order valence-electron chi connectivity index (χ4n) is 5.47. The highest BCUT2D eigenvalue weighted by atomic mass is 16.5. The standard InChI is InChI=1S/C33H31N5O3/c1-3-28-27-22-37(33(40)34-25-16-11-15-24(21-25)32(39)41-4-2)30(23-13-7-5-8-14-23)29-19-12-20-36(29)31(27)38(35-28)26-17-9-6-10-18-26/h5-21,30H,3-4,22H2,1-2H3,(H,34,40). The molecule has 0 radical (unpaired) electrons. The smallest absolute Gasteiger partial charge is 0.338 e. The molecule has 0 aliphatic carbocycles. The molecule has 5 aromatic rings. The van der Waals surface area contributed by atoms with Crippen molar-refractivity contribution in [2.24, 2.45) is 0 Å². The van der Waals surface area contributed by atoms with Gasteiger partial charge in [-0.2, -0.15) is 5.10 Å². The maximum Gasteiger partial charge on any atom is 0.338 e. The van der Waals surface area contributed by atoms with Crippen molar-refractivity contribution < 1.29 is 14.3 Å². The van der Waals surface area contributed by atoms with Crippen LogP contribution < -0.4 is 5.32 Å². The molecule has 41 heavy (non-hydrogen) atoms. The number of carbonyl (C=O) groups is 2. The number of nitrogens with one attached hydrogen (secondary N) is 1. The van der Waals surface area contributed by atoms with E-state index in [1.165, 1.54) is 0 Å². The van der Waals surface area contributed by atoms with Crippen LogP contribution in [0.4, 0.5) is 10.5 Å². The van der Waals surface area contributed by atoms with Crippen LogP contribution in [0.25, 0.3) is 11.5 Å². The van der Waals surface area contributed by atoms with Crippen LogP contribution in [0.1, 0.15) is 52.8 Å². The number of aryl methyl sites for hydroxylation is 1. The van der Waals surface area contributed by atoms with Gasteiger partial charge in [-0.15, -0.1) is 0 Å². The summed E-state index contributed by atoms with van der Waals surface area (Å²) in [5.74, 6) is 0.498. The number of urea groups is 1. The first kappa shape index (κ1) is 26.1. The molecule has 2 aromatic heterocycles. The van der Waals surface area contributed by atoms with Crippen molar-refractivity contribution in [2.45, 2.75) is 32.9 Å². The highest BCUT2D eigenvalue weighted by Crippen LogP contribution is 2.39. The van der Waals surface area contributed by atoms with Crippen molar-refractivity contribution in [1.82, 2.24) is 19.2 Å². The monoisotopic (exact) mass is 545 g/mol. The van der Waals surface area contributed by atoms with Crippen molar-refractivity contribution >= 4 is 17.7 Å². The van der Waals surface area contributed by atoms with Crippen LogP contribution in [0.3, 0.4) is 0 Å². The van der Waals surface area contributed by atoms with E-state index in [0.29, 0.717) is 24.2 Å². The summed E-state index contributed by atoms with van der Waals surface area (Å²) in [7, 11) is 0. The number of benzene rings is 3. The number of rotatable bonds is 6. The predicted molar refractivity (Wildman–Crippen MR) is 158 cm³/mol. The molecule has 8 heteroatoms. The summed E-state index contributed by atoms with van der Waals surface area (Å²) in [6.07, 6.45) is 2.75. The van der Waals surface area contributed by atoms with Crippen LogP contribution in [-0.4, -0.2) is 37.9 Å². The predicted octanol–water partition coefficient (Wildman–Crippen LogP) is 6.54. The molecular weight excluding hydrogens is 514 g/mol. The van der Waals surface area contributed by atoms with Crippen LogP contribution in [0.15, 0.2) is 103 Å². The Bertz CT molecular complexity index is 1690. The van der Waals surface area contributed by atoms with E-state index in [2.05, 4.69) is 22.9 Å². The molecule has 2 amide bonds. The summed E-state index contributed by atoms with van der Waals surface area (Å²) < 4.78 is 9.28. The Morgan fingerprint density at radius 1 is 0.927 bits per heavy atom. The molecule has 3 heterocycles. The van der Waals surface area contributed by atoms with Gasteiger partial charge < -0.3 is 19.5 Å². The lowest BCUT2D eigenvalue weighted by Gasteiger charge is -2.31. The number of esters is 1. The van der Waals surface area contributed by atoms with Gasteiger partial charge in [0, 0.05) is 17.4 Å². The van der Waals surface area contributed by atoms with E-state index < -0.39 is 5.97 Å². The third-order valence-electron chi connectivity index (χ3n) is 7.31. The second kappa shape index (κ2) is 11.2. The topological polar surface area (TPSA) is 81.4 Å². The Balaban J connectivity index is 1.48. The van der Waals surface area contributed by atoms with Gasteiger partial charge in [-0.3, -0.25) is 0 Å². The second-order valence-electron chi connectivity index (χ2n) is 9.83. The van der Waals surface area contributed by atoms with E-state index in [-0.39, 0.29) is 18.7 Å². The van der Waals surface area contributed by atoms with Gasteiger partial charge >= 0.3 is 12.0 Å². The molecule has 1 unspecified atom stereocenters. The van der Waals surface area contributed by atoms with Gasteiger partial charge in [0.05, 0.1) is 41.8 Å². The zero-order valence-corrected chi connectivity index (χ0v) is 23.0. The quantitative estimate of drug-likeness (QED) is 0.246. The first-order chi connectivity index (χ1) is 20.1. The molecule has 1 aliphatic heterocycles. The van der Waals surface area contributed by atoms with Crippen molar-refractivity contribution in [3.63, 3.8) is 0 Å². The molecular formula is C33H31N5O3. The summed E-state index contributed by atoms with van der Waals surface area (Å²) in [4.78, 5) is 28.4. The Morgan fingerprint density at radius 2 is 1.68 bits per heavy atom. The van der Waals surface area contributed by atoms with Crippen molar-refractivity contribution in [3.05, 3.63) is 131 Å². The van der Waals surface area contributed by atoms with E-state index in [4.69, 9.17) is 9.84 Å². The van der Waals surface area contributed by atoms with Gasteiger partial charge in [-0.1, -0.05) is 61.5 Å². The van der Waals surface area contributed by atoms with Crippen LogP contribution in [0.2, 0.25) is 0 Å². The highest BCUT2D eigenvalue weighted by molar-refractivity contribution is 5.94. The number of hydrogen-bond acceptors (Lipinski definition) is 4. The number of carbonyl (C=O) groups excluding carboxylic acids is 2. The fraction of sp³-hybridized carbons (Fsp3) is 0.182. The molecule has 0 bridgehead atoms. The maximum absolute atomic E-state index is 14.2. The molecule has 0 saturated heterocycles. The summed E-state index contributed by atoms with van der Waals surface area (Å²) in [6.45, 7) is 4.47. The minimum atomic E-state index is -0.427. The molecule has 0 fully saturated rings. The van der Waals surface area contributed by atoms with Gasteiger partial charge in [0.15, 0.2) is 0 Å². The second-order valence-corrected chi connectivity index (χ2v) is 9.83. The number of nitrogens with zero attached hydrogens (tertiary/aromatic N) is 4. The number of para-hydroxylation sites is 1. The van der Waals surface area contributed by atoms with Crippen LogP contribution in [0.5, 0.6) is 0 Å². The van der Waals surface area contributed by atoms with Gasteiger partial charge in [-0.05, 0) is 61.4 Å². The molecule has 1 atom stereocenters.